The van der Waals surface area contributed by atoms with Crippen molar-refractivity contribution < 1.29 is 13.2 Å². The lowest BCUT2D eigenvalue weighted by Crippen LogP contribution is -2.42. The van der Waals surface area contributed by atoms with Crippen LogP contribution in [-0.4, -0.2) is 42.7 Å². The van der Waals surface area contributed by atoms with Gasteiger partial charge in [-0.25, -0.2) is 8.42 Å². The zero-order valence-corrected chi connectivity index (χ0v) is 16.5. The molecule has 1 aliphatic carbocycles. The minimum absolute atomic E-state index is 0.0259. The Kier molecular flexibility index (Phi) is 4.47. The molecule has 2 aliphatic rings. The van der Waals surface area contributed by atoms with Crippen molar-refractivity contribution in [2.24, 2.45) is 11.3 Å². The van der Waals surface area contributed by atoms with Crippen LogP contribution in [-0.2, 0) is 14.8 Å². The summed E-state index contributed by atoms with van der Waals surface area (Å²) < 4.78 is 28.0. The Morgan fingerprint density at radius 3 is 2.63 bits per heavy atom. The van der Waals surface area contributed by atoms with Crippen LogP contribution >= 0.6 is 0 Å². The fraction of sp³-hybridized carbons (Fsp3) is 0.500. The van der Waals surface area contributed by atoms with Gasteiger partial charge in [0.2, 0.25) is 15.9 Å². The van der Waals surface area contributed by atoms with E-state index in [0.717, 1.165) is 24.6 Å². The van der Waals surface area contributed by atoms with Crippen LogP contribution < -0.4 is 5.32 Å². The highest BCUT2D eigenvalue weighted by molar-refractivity contribution is 7.89. The number of para-hydroxylation sites is 1. The van der Waals surface area contributed by atoms with Gasteiger partial charge in [-0.15, -0.1) is 0 Å². The third kappa shape index (κ3) is 3.23. The van der Waals surface area contributed by atoms with Crippen molar-refractivity contribution in [3.63, 3.8) is 0 Å². The second-order valence-electron chi connectivity index (χ2n) is 8.02. The molecule has 6 nitrogen and oxygen atoms in total. The number of pyridine rings is 1. The van der Waals surface area contributed by atoms with Crippen molar-refractivity contribution in [2.45, 2.75) is 44.0 Å². The smallest absolute Gasteiger partial charge is 0.245 e. The summed E-state index contributed by atoms with van der Waals surface area (Å²) in [5.41, 5.74) is 0.599. The Morgan fingerprint density at radius 1 is 1.22 bits per heavy atom. The summed E-state index contributed by atoms with van der Waals surface area (Å²) in [7, 11) is -3.58. The fourth-order valence-corrected chi connectivity index (χ4v) is 5.64. The van der Waals surface area contributed by atoms with Gasteiger partial charge in [0, 0.05) is 36.6 Å². The van der Waals surface area contributed by atoms with Crippen LogP contribution in [0.2, 0.25) is 0 Å². The standard InChI is InChI=1S/C20H25N3O3S/c1-14(2)19(24)22-17-13-20(17)8-11-23(12-9-20)27(25,26)16-7-3-5-15-6-4-10-21-18(15)16/h3-7,10,14,17H,8-9,11-13H2,1-2H3,(H,22,24). The number of hydrogen-bond donors (Lipinski definition) is 1. The van der Waals surface area contributed by atoms with Gasteiger partial charge >= 0.3 is 0 Å². The molecule has 2 fully saturated rings. The van der Waals surface area contributed by atoms with Crippen LogP contribution in [0.3, 0.4) is 0 Å². The van der Waals surface area contributed by atoms with Gasteiger partial charge in [0.05, 0.1) is 5.52 Å². The van der Waals surface area contributed by atoms with Crippen molar-refractivity contribution in [3.8, 4) is 0 Å². The SMILES string of the molecule is CC(C)C(=O)NC1CC12CCN(S(=O)(=O)c1cccc3cccnc13)CC2. The molecule has 7 heteroatoms. The monoisotopic (exact) mass is 387 g/mol. The molecular weight excluding hydrogens is 362 g/mol. The first-order chi connectivity index (χ1) is 12.8. The molecule has 4 rings (SSSR count). The molecule has 1 unspecified atom stereocenters. The molecule has 27 heavy (non-hydrogen) atoms. The van der Waals surface area contributed by atoms with Gasteiger partial charge in [0.1, 0.15) is 4.90 Å². The number of benzene rings is 1. The fourth-order valence-electron chi connectivity index (χ4n) is 4.04. The molecule has 0 bridgehead atoms. The number of amides is 1. The molecule has 1 aliphatic heterocycles. The molecule has 1 saturated carbocycles. The zero-order valence-electron chi connectivity index (χ0n) is 15.7. The summed E-state index contributed by atoms with van der Waals surface area (Å²) in [6.45, 7) is 4.74. The lowest BCUT2D eigenvalue weighted by atomic mass is 9.94. The van der Waals surface area contributed by atoms with E-state index >= 15 is 0 Å². The molecule has 1 N–H and O–H groups in total. The molecule has 1 spiro atoms. The number of carbonyl (C=O) groups is 1. The number of nitrogens with zero attached hydrogens (tertiary/aromatic N) is 2. The largest absolute Gasteiger partial charge is 0.353 e. The first-order valence-electron chi connectivity index (χ1n) is 9.48. The average molecular weight is 388 g/mol. The Balaban J connectivity index is 1.49. The molecule has 1 saturated heterocycles. The lowest BCUT2D eigenvalue weighted by Gasteiger charge is -2.32. The molecule has 2 aromatic rings. The quantitative estimate of drug-likeness (QED) is 0.874. The van der Waals surface area contributed by atoms with E-state index in [0.29, 0.717) is 18.6 Å². The van der Waals surface area contributed by atoms with Gasteiger partial charge in [-0.2, -0.15) is 4.31 Å². The molecule has 144 valence electrons. The first kappa shape index (κ1) is 18.4. The predicted octanol–water partition coefficient (Wildman–Crippen LogP) is 2.55. The molecular formula is C20H25N3O3S. The Labute approximate surface area is 160 Å². The number of piperidine rings is 1. The minimum atomic E-state index is -3.58. The van der Waals surface area contributed by atoms with Crippen LogP contribution in [0.1, 0.15) is 33.1 Å². The van der Waals surface area contributed by atoms with Crippen LogP contribution in [0, 0.1) is 11.3 Å². The van der Waals surface area contributed by atoms with E-state index in [4.69, 9.17) is 0 Å². The van der Waals surface area contributed by atoms with E-state index in [2.05, 4.69) is 10.3 Å². The van der Waals surface area contributed by atoms with Gasteiger partial charge in [-0.1, -0.05) is 32.0 Å². The summed E-state index contributed by atoms with van der Waals surface area (Å²) in [5.74, 6) is 0.0516. The summed E-state index contributed by atoms with van der Waals surface area (Å²) in [6, 6.07) is 9.15. The number of hydrogen-bond acceptors (Lipinski definition) is 4. The van der Waals surface area contributed by atoms with Crippen LogP contribution in [0.15, 0.2) is 41.4 Å². The second kappa shape index (κ2) is 6.56. The molecule has 2 heterocycles. The van der Waals surface area contributed by atoms with Crippen LogP contribution in [0.4, 0.5) is 0 Å². The number of fused-ring (bicyclic) bond motifs is 1. The molecule has 1 amide bonds. The van der Waals surface area contributed by atoms with E-state index in [1.54, 1.807) is 22.6 Å². The lowest BCUT2D eigenvalue weighted by molar-refractivity contribution is -0.124. The van der Waals surface area contributed by atoms with Crippen molar-refractivity contribution in [1.82, 2.24) is 14.6 Å². The summed E-state index contributed by atoms with van der Waals surface area (Å²) in [5, 5.41) is 3.93. The minimum Gasteiger partial charge on any atom is -0.353 e. The van der Waals surface area contributed by atoms with E-state index in [9.17, 15) is 13.2 Å². The van der Waals surface area contributed by atoms with Gasteiger partial charge in [0.25, 0.3) is 0 Å². The van der Waals surface area contributed by atoms with Crippen molar-refractivity contribution in [2.75, 3.05) is 13.1 Å². The number of carbonyl (C=O) groups excluding carboxylic acids is 1. The number of sulfonamides is 1. The van der Waals surface area contributed by atoms with Gasteiger partial charge in [-0.05, 0) is 36.8 Å². The third-order valence-electron chi connectivity index (χ3n) is 5.96. The van der Waals surface area contributed by atoms with E-state index < -0.39 is 10.0 Å². The molecule has 1 aromatic carbocycles. The van der Waals surface area contributed by atoms with Crippen LogP contribution in [0.25, 0.3) is 10.9 Å². The van der Waals surface area contributed by atoms with Crippen LogP contribution in [0.5, 0.6) is 0 Å². The topological polar surface area (TPSA) is 79.4 Å². The van der Waals surface area contributed by atoms with Crippen molar-refractivity contribution in [3.05, 3.63) is 36.5 Å². The predicted molar refractivity (Wildman–Crippen MR) is 104 cm³/mol. The Hall–Kier alpha value is -1.99. The zero-order chi connectivity index (χ0) is 19.2. The maximum Gasteiger partial charge on any atom is 0.245 e. The van der Waals surface area contributed by atoms with Crippen molar-refractivity contribution in [1.29, 1.82) is 0 Å². The molecule has 1 atom stereocenters. The highest BCUT2D eigenvalue weighted by Crippen LogP contribution is 2.54. The third-order valence-corrected chi connectivity index (χ3v) is 7.89. The second-order valence-corrected chi connectivity index (χ2v) is 9.92. The highest BCUT2D eigenvalue weighted by atomic mass is 32.2. The highest BCUT2D eigenvalue weighted by Gasteiger charge is 2.56. The number of aromatic nitrogens is 1. The Morgan fingerprint density at radius 2 is 1.93 bits per heavy atom. The van der Waals surface area contributed by atoms with Gasteiger partial charge in [0.15, 0.2) is 0 Å². The number of nitrogens with one attached hydrogen (secondary N) is 1. The van der Waals surface area contributed by atoms with E-state index in [1.165, 1.54) is 0 Å². The molecule has 0 radical (unpaired) electrons. The maximum atomic E-state index is 13.2. The van der Waals surface area contributed by atoms with Gasteiger partial charge in [-0.3, -0.25) is 9.78 Å². The summed E-state index contributed by atoms with van der Waals surface area (Å²) >= 11 is 0. The van der Waals surface area contributed by atoms with E-state index in [1.807, 2.05) is 32.0 Å². The van der Waals surface area contributed by atoms with Gasteiger partial charge < -0.3 is 5.32 Å². The maximum absolute atomic E-state index is 13.2. The molecule has 1 aromatic heterocycles. The Bertz CT molecular complexity index is 974. The number of rotatable bonds is 4. The summed E-state index contributed by atoms with van der Waals surface area (Å²) in [6.07, 6.45) is 4.15. The summed E-state index contributed by atoms with van der Waals surface area (Å²) in [4.78, 5) is 16.5. The average Bonchev–Trinajstić information content (AvgIpc) is 3.32. The normalized spacial score (nSPS) is 22.3. The first-order valence-corrected chi connectivity index (χ1v) is 10.9. The van der Waals surface area contributed by atoms with E-state index in [-0.39, 0.29) is 28.2 Å². The van der Waals surface area contributed by atoms with Crippen molar-refractivity contribution >= 4 is 26.8 Å².